The molecule has 0 aliphatic rings. The maximum absolute atomic E-state index is 6.04. The number of hydrogen-bond acceptors (Lipinski definition) is 2. The molecule has 72 valence electrons. The SMILES string of the molecule is NC(c1ncc[nH]1)c1ccccc1Br. The van der Waals surface area contributed by atoms with Crippen molar-refractivity contribution in [1.29, 1.82) is 0 Å². The molecule has 2 rings (SSSR count). The quantitative estimate of drug-likeness (QED) is 0.860. The fourth-order valence-corrected chi connectivity index (χ4v) is 1.85. The van der Waals surface area contributed by atoms with E-state index >= 15 is 0 Å². The third-order valence-corrected chi connectivity index (χ3v) is 2.78. The minimum Gasteiger partial charge on any atom is -0.347 e. The van der Waals surface area contributed by atoms with Crippen LogP contribution in [0.25, 0.3) is 0 Å². The van der Waals surface area contributed by atoms with Crippen LogP contribution in [0.5, 0.6) is 0 Å². The van der Waals surface area contributed by atoms with Crippen molar-refractivity contribution in [3.05, 3.63) is 52.5 Å². The van der Waals surface area contributed by atoms with Gasteiger partial charge in [-0.15, -0.1) is 0 Å². The molecular formula is C10H10BrN3. The second kappa shape index (κ2) is 3.94. The van der Waals surface area contributed by atoms with Gasteiger partial charge < -0.3 is 10.7 Å². The Morgan fingerprint density at radius 2 is 2.14 bits per heavy atom. The Morgan fingerprint density at radius 3 is 2.79 bits per heavy atom. The van der Waals surface area contributed by atoms with Crippen LogP contribution in [0.3, 0.4) is 0 Å². The summed E-state index contributed by atoms with van der Waals surface area (Å²) in [5, 5.41) is 0. The normalized spacial score (nSPS) is 12.7. The Kier molecular flexibility index (Phi) is 2.65. The number of aromatic nitrogens is 2. The lowest BCUT2D eigenvalue weighted by atomic mass is 10.1. The molecule has 1 heterocycles. The molecule has 1 aromatic carbocycles. The van der Waals surface area contributed by atoms with Gasteiger partial charge in [-0.1, -0.05) is 34.1 Å². The summed E-state index contributed by atoms with van der Waals surface area (Å²) >= 11 is 3.46. The Morgan fingerprint density at radius 1 is 1.36 bits per heavy atom. The van der Waals surface area contributed by atoms with E-state index in [4.69, 9.17) is 5.73 Å². The Balaban J connectivity index is 2.37. The summed E-state index contributed by atoms with van der Waals surface area (Å²) in [5.41, 5.74) is 7.07. The highest BCUT2D eigenvalue weighted by Crippen LogP contribution is 2.24. The van der Waals surface area contributed by atoms with E-state index < -0.39 is 0 Å². The van der Waals surface area contributed by atoms with Crippen molar-refractivity contribution in [3.8, 4) is 0 Å². The zero-order chi connectivity index (χ0) is 9.97. The summed E-state index contributed by atoms with van der Waals surface area (Å²) < 4.78 is 1.00. The van der Waals surface area contributed by atoms with Crippen LogP contribution >= 0.6 is 15.9 Å². The molecular weight excluding hydrogens is 242 g/mol. The number of nitrogens with one attached hydrogen (secondary N) is 1. The second-order valence-electron chi connectivity index (χ2n) is 2.97. The number of aromatic amines is 1. The molecule has 1 aromatic heterocycles. The Hall–Kier alpha value is -1.13. The minimum absolute atomic E-state index is 0.208. The van der Waals surface area contributed by atoms with Crippen molar-refractivity contribution in [3.63, 3.8) is 0 Å². The molecule has 1 unspecified atom stereocenters. The zero-order valence-electron chi connectivity index (χ0n) is 7.44. The number of nitrogens with zero attached hydrogens (tertiary/aromatic N) is 1. The van der Waals surface area contributed by atoms with E-state index in [1.165, 1.54) is 0 Å². The molecule has 3 N–H and O–H groups in total. The van der Waals surface area contributed by atoms with E-state index in [9.17, 15) is 0 Å². The van der Waals surface area contributed by atoms with E-state index in [-0.39, 0.29) is 6.04 Å². The van der Waals surface area contributed by atoms with Crippen LogP contribution in [0, 0.1) is 0 Å². The number of H-pyrrole nitrogens is 1. The fourth-order valence-electron chi connectivity index (χ4n) is 1.32. The third kappa shape index (κ3) is 1.71. The van der Waals surface area contributed by atoms with Crippen molar-refractivity contribution in [2.45, 2.75) is 6.04 Å². The number of imidazole rings is 1. The molecule has 0 fully saturated rings. The Bertz CT molecular complexity index is 411. The number of rotatable bonds is 2. The molecule has 2 aromatic rings. The van der Waals surface area contributed by atoms with E-state index in [2.05, 4.69) is 25.9 Å². The van der Waals surface area contributed by atoms with E-state index in [0.717, 1.165) is 15.9 Å². The first kappa shape index (κ1) is 9.43. The average Bonchev–Trinajstić information content (AvgIpc) is 2.70. The van der Waals surface area contributed by atoms with Gasteiger partial charge in [0, 0.05) is 16.9 Å². The van der Waals surface area contributed by atoms with Gasteiger partial charge in [0.2, 0.25) is 0 Å². The fraction of sp³-hybridized carbons (Fsp3) is 0.100. The van der Waals surface area contributed by atoms with Crippen LogP contribution in [-0.2, 0) is 0 Å². The second-order valence-corrected chi connectivity index (χ2v) is 3.83. The van der Waals surface area contributed by atoms with E-state index in [0.29, 0.717) is 0 Å². The molecule has 0 aliphatic carbocycles. The molecule has 4 heteroatoms. The zero-order valence-corrected chi connectivity index (χ0v) is 9.03. The molecule has 1 atom stereocenters. The molecule has 0 saturated carbocycles. The van der Waals surface area contributed by atoms with Crippen LogP contribution in [-0.4, -0.2) is 9.97 Å². The highest BCUT2D eigenvalue weighted by molar-refractivity contribution is 9.10. The average molecular weight is 252 g/mol. The molecule has 0 amide bonds. The van der Waals surface area contributed by atoms with Gasteiger partial charge in [-0.05, 0) is 11.6 Å². The predicted molar refractivity (Wildman–Crippen MR) is 58.8 cm³/mol. The number of hydrogen-bond donors (Lipinski definition) is 2. The maximum Gasteiger partial charge on any atom is 0.127 e. The number of nitrogens with two attached hydrogens (primary N) is 1. The summed E-state index contributed by atoms with van der Waals surface area (Å²) in [6.45, 7) is 0. The number of benzene rings is 1. The first-order valence-electron chi connectivity index (χ1n) is 4.28. The lowest BCUT2D eigenvalue weighted by Gasteiger charge is -2.10. The van der Waals surface area contributed by atoms with Gasteiger partial charge >= 0.3 is 0 Å². The third-order valence-electron chi connectivity index (χ3n) is 2.05. The van der Waals surface area contributed by atoms with Gasteiger partial charge in [0.25, 0.3) is 0 Å². The first-order valence-corrected chi connectivity index (χ1v) is 5.07. The van der Waals surface area contributed by atoms with Gasteiger partial charge in [-0.3, -0.25) is 0 Å². The first-order chi connectivity index (χ1) is 6.79. The standard InChI is InChI=1S/C10H10BrN3/c11-8-4-2-1-3-7(8)9(12)10-13-5-6-14-10/h1-6,9H,12H2,(H,13,14). The molecule has 0 aliphatic heterocycles. The summed E-state index contributed by atoms with van der Waals surface area (Å²) in [6.07, 6.45) is 3.47. The van der Waals surface area contributed by atoms with Crippen molar-refractivity contribution in [2.24, 2.45) is 5.73 Å². The lowest BCUT2D eigenvalue weighted by Crippen LogP contribution is -2.13. The van der Waals surface area contributed by atoms with Gasteiger partial charge in [0.1, 0.15) is 5.82 Å². The van der Waals surface area contributed by atoms with E-state index in [1.807, 2.05) is 24.3 Å². The van der Waals surface area contributed by atoms with Crippen molar-refractivity contribution < 1.29 is 0 Å². The lowest BCUT2D eigenvalue weighted by molar-refractivity contribution is 0.797. The molecule has 0 spiro atoms. The smallest absolute Gasteiger partial charge is 0.127 e. The Labute approximate surface area is 90.5 Å². The van der Waals surface area contributed by atoms with Crippen molar-refractivity contribution in [1.82, 2.24) is 9.97 Å². The summed E-state index contributed by atoms with van der Waals surface area (Å²) in [5.74, 6) is 0.775. The van der Waals surface area contributed by atoms with Crippen LogP contribution < -0.4 is 5.73 Å². The van der Waals surface area contributed by atoms with Crippen molar-refractivity contribution in [2.75, 3.05) is 0 Å². The van der Waals surface area contributed by atoms with Gasteiger partial charge in [0.15, 0.2) is 0 Å². The van der Waals surface area contributed by atoms with Crippen LogP contribution in [0.4, 0.5) is 0 Å². The summed E-state index contributed by atoms with van der Waals surface area (Å²) in [6, 6.07) is 7.67. The molecule has 0 radical (unpaired) electrons. The van der Waals surface area contributed by atoms with E-state index in [1.54, 1.807) is 12.4 Å². The topological polar surface area (TPSA) is 54.7 Å². The number of halogens is 1. The summed E-state index contributed by atoms with van der Waals surface area (Å²) in [7, 11) is 0. The minimum atomic E-state index is -0.208. The monoisotopic (exact) mass is 251 g/mol. The largest absolute Gasteiger partial charge is 0.347 e. The van der Waals surface area contributed by atoms with Crippen LogP contribution in [0.1, 0.15) is 17.4 Å². The molecule has 0 bridgehead atoms. The molecule has 0 saturated heterocycles. The van der Waals surface area contributed by atoms with Gasteiger partial charge in [0.05, 0.1) is 6.04 Å². The van der Waals surface area contributed by atoms with Crippen LogP contribution in [0.15, 0.2) is 41.1 Å². The van der Waals surface area contributed by atoms with Crippen LogP contribution in [0.2, 0.25) is 0 Å². The van der Waals surface area contributed by atoms with Gasteiger partial charge in [-0.25, -0.2) is 4.98 Å². The molecule has 14 heavy (non-hydrogen) atoms. The van der Waals surface area contributed by atoms with Gasteiger partial charge in [-0.2, -0.15) is 0 Å². The molecule has 3 nitrogen and oxygen atoms in total. The highest BCUT2D eigenvalue weighted by Gasteiger charge is 2.12. The predicted octanol–water partition coefficient (Wildman–Crippen LogP) is 2.22. The van der Waals surface area contributed by atoms with Crippen molar-refractivity contribution >= 4 is 15.9 Å². The highest BCUT2D eigenvalue weighted by atomic mass is 79.9. The summed E-state index contributed by atoms with van der Waals surface area (Å²) in [4.78, 5) is 7.14. The maximum atomic E-state index is 6.04.